The van der Waals surface area contributed by atoms with E-state index < -0.39 is 0 Å². The molecule has 2 aliphatic rings. The Balaban J connectivity index is 1.42. The van der Waals surface area contributed by atoms with Crippen molar-refractivity contribution in [3.05, 3.63) is 30.6 Å². The molecule has 0 saturated carbocycles. The third-order valence-electron chi connectivity index (χ3n) is 5.36. The number of hydrogen-bond acceptors (Lipinski definition) is 3. The molecule has 132 valence electrons. The van der Waals surface area contributed by atoms with Gasteiger partial charge >= 0.3 is 6.03 Å². The maximum Gasteiger partial charge on any atom is 0.317 e. The summed E-state index contributed by atoms with van der Waals surface area (Å²) in [4.78, 5) is 32.9. The second-order valence-corrected chi connectivity index (χ2v) is 6.80. The van der Waals surface area contributed by atoms with E-state index in [2.05, 4.69) is 10.3 Å². The molecule has 2 aliphatic heterocycles. The molecule has 0 radical (unpaired) electrons. The van der Waals surface area contributed by atoms with Crippen LogP contribution in [0.4, 0.5) is 4.79 Å². The Morgan fingerprint density at radius 2 is 2.00 bits per heavy atom. The van der Waals surface area contributed by atoms with Gasteiger partial charge in [-0.15, -0.1) is 0 Å². The van der Waals surface area contributed by atoms with E-state index in [4.69, 9.17) is 0 Å². The first kappa shape index (κ1) is 15.9. The van der Waals surface area contributed by atoms with Crippen molar-refractivity contribution in [2.24, 2.45) is 0 Å². The van der Waals surface area contributed by atoms with Crippen LogP contribution in [0, 0.1) is 0 Å². The van der Waals surface area contributed by atoms with E-state index >= 15 is 0 Å². The summed E-state index contributed by atoms with van der Waals surface area (Å²) in [5.41, 5.74) is 1.88. The predicted octanol–water partition coefficient (Wildman–Crippen LogP) is 1.61. The molecule has 25 heavy (non-hydrogen) atoms. The van der Waals surface area contributed by atoms with Gasteiger partial charge in [-0.05, 0) is 31.9 Å². The molecule has 2 aromatic rings. The van der Waals surface area contributed by atoms with Crippen LogP contribution in [0.3, 0.4) is 0 Å². The summed E-state index contributed by atoms with van der Waals surface area (Å²) in [6.07, 6.45) is 3.43. The highest BCUT2D eigenvalue weighted by Crippen LogP contribution is 2.23. The van der Waals surface area contributed by atoms with E-state index in [0.717, 1.165) is 37.0 Å². The number of carbonyl (C=O) groups is 2. The maximum atomic E-state index is 12.9. The lowest BCUT2D eigenvalue weighted by Gasteiger charge is -2.37. The van der Waals surface area contributed by atoms with Crippen LogP contribution < -0.4 is 5.32 Å². The van der Waals surface area contributed by atoms with E-state index in [1.165, 1.54) is 0 Å². The van der Waals surface area contributed by atoms with Crippen LogP contribution >= 0.6 is 0 Å². The number of nitrogens with zero attached hydrogens (tertiary/aromatic N) is 4. The number of imidazole rings is 1. The molecule has 0 spiro atoms. The maximum absolute atomic E-state index is 12.9. The number of benzene rings is 1. The minimum Gasteiger partial charge on any atom is -0.341 e. The SMILES string of the molecule is CC(C(=O)N1CCC(N2CCNC2=O)CC1)n1cnc2ccccc21. The monoisotopic (exact) mass is 341 g/mol. The number of fused-ring (bicyclic) bond motifs is 1. The summed E-state index contributed by atoms with van der Waals surface area (Å²) < 4.78 is 1.94. The van der Waals surface area contributed by atoms with Crippen LogP contribution in [0.25, 0.3) is 11.0 Å². The number of para-hydroxylation sites is 2. The largest absolute Gasteiger partial charge is 0.341 e. The summed E-state index contributed by atoms with van der Waals surface area (Å²) in [6.45, 7) is 4.82. The van der Waals surface area contributed by atoms with Crippen molar-refractivity contribution in [3.8, 4) is 0 Å². The smallest absolute Gasteiger partial charge is 0.317 e. The molecule has 1 atom stereocenters. The second-order valence-electron chi connectivity index (χ2n) is 6.80. The summed E-state index contributed by atoms with van der Waals surface area (Å²) in [5, 5.41) is 2.85. The van der Waals surface area contributed by atoms with E-state index in [-0.39, 0.29) is 24.0 Å². The first-order chi connectivity index (χ1) is 12.1. The summed E-state index contributed by atoms with van der Waals surface area (Å²) in [5.74, 6) is 0.118. The molecular weight excluding hydrogens is 318 g/mol. The highest BCUT2D eigenvalue weighted by molar-refractivity contribution is 5.83. The van der Waals surface area contributed by atoms with Gasteiger partial charge in [0.15, 0.2) is 0 Å². The Morgan fingerprint density at radius 3 is 2.72 bits per heavy atom. The molecule has 3 amide bonds. The second kappa shape index (κ2) is 6.38. The van der Waals surface area contributed by atoms with Gasteiger partial charge in [-0.25, -0.2) is 9.78 Å². The molecule has 7 nitrogen and oxygen atoms in total. The van der Waals surface area contributed by atoms with Gasteiger partial charge in [0.2, 0.25) is 5.91 Å². The Morgan fingerprint density at radius 1 is 1.24 bits per heavy atom. The van der Waals surface area contributed by atoms with Crippen molar-refractivity contribution in [1.82, 2.24) is 24.7 Å². The van der Waals surface area contributed by atoms with Gasteiger partial charge in [0.25, 0.3) is 0 Å². The standard InChI is InChI=1S/C18H23N5O2/c1-13(23-12-20-15-4-2-3-5-16(15)23)17(24)21-9-6-14(7-10-21)22-11-8-19-18(22)25/h2-5,12-14H,6-11H2,1H3,(H,19,25). The summed E-state index contributed by atoms with van der Waals surface area (Å²) >= 11 is 0. The lowest BCUT2D eigenvalue weighted by molar-refractivity contribution is -0.135. The van der Waals surface area contributed by atoms with Crippen LogP contribution in [0.15, 0.2) is 30.6 Å². The summed E-state index contributed by atoms with van der Waals surface area (Å²) in [7, 11) is 0. The zero-order valence-corrected chi connectivity index (χ0v) is 14.4. The summed E-state index contributed by atoms with van der Waals surface area (Å²) in [6, 6.07) is 7.85. The third kappa shape index (κ3) is 2.83. The van der Waals surface area contributed by atoms with E-state index in [0.29, 0.717) is 13.1 Å². The van der Waals surface area contributed by atoms with Gasteiger partial charge in [-0.1, -0.05) is 12.1 Å². The Labute approximate surface area is 146 Å². The number of nitrogens with one attached hydrogen (secondary N) is 1. The fourth-order valence-corrected chi connectivity index (χ4v) is 3.90. The lowest BCUT2D eigenvalue weighted by atomic mass is 10.0. The number of rotatable bonds is 3. The van der Waals surface area contributed by atoms with Crippen LogP contribution in [0.2, 0.25) is 0 Å². The van der Waals surface area contributed by atoms with Crippen molar-refractivity contribution in [3.63, 3.8) is 0 Å². The molecular formula is C18H23N5O2. The quantitative estimate of drug-likeness (QED) is 0.922. The topological polar surface area (TPSA) is 70.5 Å². The van der Waals surface area contributed by atoms with Crippen molar-refractivity contribution >= 4 is 23.0 Å². The Kier molecular flexibility index (Phi) is 4.07. The van der Waals surface area contributed by atoms with Crippen LogP contribution in [-0.4, -0.2) is 63.5 Å². The predicted molar refractivity (Wildman–Crippen MR) is 94.2 cm³/mol. The number of carbonyl (C=O) groups excluding carboxylic acids is 2. The number of amides is 3. The molecule has 4 rings (SSSR count). The van der Waals surface area contributed by atoms with Gasteiger partial charge in [-0.3, -0.25) is 4.79 Å². The van der Waals surface area contributed by atoms with Gasteiger partial charge < -0.3 is 19.7 Å². The van der Waals surface area contributed by atoms with Crippen molar-refractivity contribution in [2.75, 3.05) is 26.2 Å². The number of urea groups is 1. The Bertz CT molecular complexity index is 794. The van der Waals surface area contributed by atoms with Gasteiger partial charge in [0.1, 0.15) is 6.04 Å². The molecule has 1 aromatic carbocycles. The van der Waals surface area contributed by atoms with Crippen LogP contribution in [-0.2, 0) is 4.79 Å². The Hall–Kier alpha value is -2.57. The highest BCUT2D eigenvalue weighted by atomic mass is 16.2. The number of aromatic nitrogens is 2. The molecule has 2 fully saturated rings. The molecule has 1 aromatic heterocycles. The normalized spacial score (nSPS) is 20.1. The van der Waals surface area contributed by atoms with E-state index in [1.807, 2.05) is 45.6 Å². The fraction of sp³-hybridized carbons (Fsp3) is 0.500. The van der Waals surface area contributed by atoms with E-state index in [9.17, 15) is 9.59 Å². The van der Waals surface area contributed by atoms with Crippen LogP contribution in [0.5, 0.6) is 0 Å². The zero-order valence-electron chi connectivity index (χ0n) is 14.4. The molecule has 0 aliphatic carbocycles. The highest BCUT2D eigenvalue weighted by Gasteiger charge is 2.33. The average Bonchev–Trinajstić information content (AvgIpc) is 3.27. The fourth-order valence-electron chi connectivity index (χ4n) is 3.90. The molecule has 7 heteroatoms. The zero-order chi connectivity index (χ0) is 17.4. The van der Waals surface area contributed by atoms with Crippen molar-refractivity contribution in [1.29, 1.82) is 0 Å². The molecule has 2 saturated heterocycles. The molecule has 0 bridgehead atoms. The van der Waals surface area contributed by atoms with Crippen LogP contribution in [0.1, 0.15) is 25.8 Å². The minimum absolute atomic E-state index is 0.0306. The van der Waals surface area contributed by atoms with Crippen molar-refractivity contribution in [2.45, 2.75) is 31.8 Å². The number of piperidine rings is 1. The van der Waals surface area contributed by atoms with Gasteiger partial charge in [0, 0.05) is 32.2 Å². The van der Waals surface area contributed by atoms with Gasteiger partial charge in [0.05, 0.1) is 17.4 Å². The van der Waals surface area contributed by atoms with Crippen molar-refractivity contribution < 1.29 is 9.59 Å². The number of hydrogen-bond donors (Lipinski definition) is 1. The average molecular weight is 341 g/mol. The first-order valence-electron chi connectivity index (χ1n) is 8.90. The molecule has 1 unspecified atom stereocenters. The minimum atomic E-state index is -0.279. The third-order valence-corrected chi connectivity index (χ3v) is 5.36. The molecule has 1 N–H and O–H groups in total. The van der Waals surface area contributed by atoms with Gasteiger partial charge in [-0.2, -0.15) is 0 Å². The first-order valence-corrected chi connectivity index (χ1v) is 8.90. The molecule has 3 heterocycles. The van der Waals surface area contributed by atoms with E-state index in [1.54, 1.807) is 6.33 Å². The lowest BCUT2D eigenvalue weighted by Crippen LogP contribution is -2.48. The number of likely N-dealkylation sites (tertiary alicyclic amines) is 1.